The minimum absolute atomic E-state index is 0.0810. The monoisotopic (exact) mass is 289 g/mol. The van der Waals surface area contributed by atoms with Crippen LogP contribution in [0.5, 0.6) is 0 Å². The van der Waals surface area contributed by atoms with Crippen molar-refractivity contribution in [1.82, 2.24) is 4.90 Å². The van der Waals surface area contributed by atoms with Gasteiger partial charge in [0, 0.05) is 6.54 Å². The number of hydrogen-bond acceptors (Lipinski definition) is 2. The first kappa shape index (κ1) is 15.5. The van der Waals surface area contributed by atoms with Gasteiger partial charge >= 0.3 is 5.97 Å². The second kappa shape index (κ2) is 6.74. The van der Waals surface area contributed by atoms with Crippen molar-refractivity contribution in [3.63, 3.8) is 0 Å². The van der Waals surface area contributed by atoms with E-state index in [0.717, 1.165) is 18.4 Å². The fourth-order valence-corrected chi connectivity index (χ4v) is 2.91. The smallest absolute Gasteiger partial charge is 0.326 e. The van der Waals surface area contributed by atoms with Gasteiger partial charge in [0.25, 0.3) is 0 Å². The average Bonchev–Trinajstić information content (AvgIpc) is 2.47. The van der Waals surface area contributed by atoms with Gasteiger partial charge in [-0.25, -0.2) is 4.79 Å². The molecule has 1 heterocycles. The van der Waals surface area contributed by atoms with E-state index in [1.54, 1.807) is 4.90 Å². The summed E-state index contributed by atoms with van der Waals surface area (Å²) in [5.74, 6) is -0.613. The van der Waals surface area contributed by atoms with E-state index in [1.165, 1.54) is 5.56 Å². The van der Waals surface area contributed by atoms with Crippen molar-refractivity contribution >= 4 is 11.9 Å². The number of carboxylic acids is 1. The average molecular weight is 289 g/mol. The van der Waals surface area contributed by atoms with Gasteiger partial charge in [0.1, 0.15) is 6.04 Å². The molecular formula is C17H23NO3. The Balaban J connectivity index is 2.09. The van der Waals surface area contributed by atoms with Crippen molar-refractivity contribution in [3.05, 3.63) is 35.4 Å². The van der Waals surface area contributed by atoms with Crippen LogP contribution >= 0.6 is 0 Å². The molecule has 1 N–H and O–H groups in total. The summed E-state index contributed by atoms with van der Waals surface area (Å²) in [5, 5.41) is 9.33. The van der Waals surface area contributed by atoms with E-state index < -0.39 is 12.0 Å². The van der Waals surface area contributed by atoms with E-state index in [2.05, 4.69) is 6.92 Å². The first-order valence-electron chi connectivity index (χ1n) is 7.61. The maximum absolute atomic E-state index is 12.5. The number of carbonyl (C=O) groups excluding carboxylic acids is 1. The highest BCUT2D eigenvalue weighted by molar-refractivity contribution is 5.85. The molecule has 0 bridgehead atoms. The second-order valence-corrected chi connectivity index (χ2v) is 5.92. The van der Waals surface area contributed by atoms with Crippen LogP contribution in [-0.2, 0) is 22.4 Å². The topological polar surface area (TPSA) is 57.6 Å². The maximum atomic E-state index is 12.5. The van der Waals surface area contributed by atoms with Crippen LogP contribution in [0.1, 0.15) is 37.8 Å². The first-order valence-corrected chi connectivity index (χ1v) is 7.61. The Labute approximate surface area is 125 Å². The summed E-state index contributed by atoms with van der Waals surface area (Å²) in [6, 6.07) is 7.28. The van der Waals surface area contributed by atoms with Crippen molar-refractivity contribution in [1.29, 1.82) is 0 Å². The minimum atomic E-state index is -0.891. The number of aliphatic carboxylic acids is 1. The van der Waals surface area contributed by atoms with Crippen molar-refractivity contribution in [3.8, 4) is 0 Å². The Morgan fingerprint density at radius 2 is 2.05 bits per heavy atom. The van der Waals surface area contributed by atoms with Crippen LogP contribution < -0.4 is 0 Å². The molecule has 4 heteroatoms. The maximum Gasteiger partial charge on any atom is 0.326 e. The summed E-state index contributed by atoms with van der Waals surface area (Å²) in [5.41, 5.74) is 2.16. The lowest BCUT2D eigenvalue weighted by Gasteiger charge is -2.36. The number of carbonyl (C=O) groups is 2. The Kier molecular flexibility index (Phi) is 4.99. The van der Waals surface area contributed by atoms with Gasteiger partial charge in [0.15, 0.2) is 0 Å². The van der Waals surface area contributed by atoms with Gasteiger partial charge in [-0.2, -0.15) is 0 Å². The third kappa shape index (κ3) is 3.84. The summed E-state index contributed by atoms with van der Waals surface area (Å²) in [4.78, 5) is 25.4. The minimum Gasteiger partial charge on any atom is -0.480 e. The van der Waals surface area contributed by atoms with E-state index in [1.807, 2.05) is 31.2 Å². The first-order chi connectivity index (χ1) is 10.0. The molecule has 0 saturated carbocycles. The third-order valence-electron chi connectivity index (χ3n) is 4.23. The van der Waals surface area contributed by atoms with E-state index >= 15 is 0 Å². The van der Waals surface area contributed by atoms with Gasteiger partial charge in [-0.05, 0) is 36.3 Å². The lowest BCUT2D eigenvalue weighted by molar-refractivity contribution is -0.152. The Morgan fingerprint density at radius 1 is 1.33 bits per heavy atom. The lowest BCUT2D eigenvalue weighted by atomic mass is 9.92. The number of carboxylic acid groups (broad SMARTS) is 1. The zero-order valence-electron chi connectivity index (χ0n) is 12.7. The predicted octanol–water partition coefficient (Wildman–Crippen LogP) is 2.50. The van der Waals surface area contributed by atoms with Crippen molar-refractivity contribution in [2.24, 2.45) is 5.92 Å². The number of piperidine rings is 1. The van der Waals surface area contributed by atoms with E-state index in [4.69, 9.17) is 0 Å². The number of likely N-dealkylation sites (tertiary alicyclic amines) is 1. The molecular weight excluding hydrogens is 266 g/mol. The normalized spacial score (nSPS) is 22.1. The van der Waals surface area contributed by atoms with Gasteiger partial charge in [0.2, 0.25) is 5.91 Å². The Morgan fingerprint density at radius 3 is 2.71 bits per heavy atom. The van der Waals surface area contributed by atoms with Crippen molar-refractivity contribution in [2.45, 2.75) is 45.6 Å². The van der Waals surface area contributed by atoms with Crippen LogP contribution in [0.2, 0.25) is 0 Å². The van der Waals surface area contributed by atoms with Crippen molar-refractivity contribution < 1.29 is 14.7 Å². The Hall–Kier alpha value is -1.84. The Bertz CT molecular complexity index is 527. The summed E-state index contributed by atoms with van der Waals surface area (Å²) >= 11 is 0. The number of hydrogen-bond donors (Lipinski definition) is 1. The van der Waals surface area contributed by atoms with E-state index in [-0.39, 0.29) is 12.3 Å². The predicted molar refractivity (Wildman–Crippen MR) is 81.1 cm³/mol. The molecule has 1 aromatic carbocycles. The molecule has 1 amide bonds. The molecule has 114 valence electrons. The molecule has 1 aliphatic rings. The van der Waals surface area contributed by atoms with E-state index in [9.17, 15) is 14.7 Å². The van der Waals surface area contributed by atoms with Crippen LogP contribution in [0.3, 0.4) is 0 Å². The molecule has 2 rings (SSSR count). The van der Waals surface area contributed by atoms with Gasteiger partial charge in [0.05, 0.1) is 6.42 Å². The van der Waals surface area contributed by atoms with Crippen LogP contribution in [0.25, 0.3) is 0 Å². The van der Waals surface area contributed by atoms with Gasteiger partial charge in [-0.1, -0.05) is 38.1 Å². The van der Waals surface area contributed by atoms with E-state index in [0.29, 0.717) is 18.9 Å². The lowest BCUT2D eigenvalue weighted by Crippen LogP contribution is -2.50. The highest BCUT2D eigenvalue weighted by Gasteiger charge is 2.34. The molecule has 4 nitrogen and oxygen atoms in total. The van der Waals surface area contributed by atoms with Crippen LogP contribution in [-0.4, -0.2) is 34.5 Å². The summed E-state index contributed by atoms with van der Waals surface area (Å²) in [6.07, 6.45) is 2.65. The molecule has 1 saturated heterocycles. The van der Waals surface area contributed by atoms with Gasteiger partial charge in [-0.15, -0.1) is 0 Å². The molecule has 0 aromatic heterocycles. The highest BCUT2D eigenvalue weighted by Crippen LogP contribution is 2.23. The van der Waals surface area contributed by atoms with Crippen molar-refractivity contribution in [2.75, 3.05) is 6.54 Å². The molecule has 2 unspecified atom stereocenters. The highest BCUT2D eigenvalue weighted by atomic mass is 16.4. The molecule has 1 fully saturated rings. The molecule has 1 aliphatic heterocycles. The quantitative estimate of drug-likeness (QED) is 0.926. The molecule has 1 aromatic rings. The zero-order valence-corrected chi connectivity index (χ0v) is 12.7. The molecule has 21 heavy (non-hydrogen) atoms. The van der Waals surface area contributed by atoms with Crippen LogP contribution in [0.15, 0.2) is 24.3 Å². The van der Waals surface area contributed by atoms with Gasteiger partial charge in [-0.3, -0.25) is 4.79 Å². The number of benzene rings is 1. The molecule has 0 aliphatic carbocycles. The summed E-state index contributed by atoms with van der Waals surface area (Å²) in [6.45, 7) is 4.67. The third-order valence-corrected chi connectivity index (χ3v) is 4.23. The largest absolute Gasteiger partial charge is 0.480 e. The zero-order chi connectivity index (χ0) is 15.4. The summed E-state index contributed by atoms with van der Waals surface area (Å²) < 4.78 is 0. The van der Waals surface area contributed by atoms with Crippen LogP contribution in [0, 0.1) is 5.92 Å². The second-order valence-electron chi connectivity index (χ2n) is 5.92. The van der Waals surface area contributed by atoms with Gasteiger partial charge < -0.3 is 10.0 Å². The number of amides is 1. The number of nitrogens with zero attached hydrogens (tertiary/aromatic N) is 1. The fraction of sp³-hybridized carbons (Fsp3) is 0.529. The number of aryl methyl sites for hydroxylation is 1. The standard InChI is InChI=1S/C17H23NO3/c1-3-13-5-4-6-14(10-13)11-16(19)18-8-7-12(2)9-15(18)17(20)21/h4-6,10,12,15H,3,7-9,11H2,1-2H3,(H,20,21). The molecule has 0 radical (unpaired) electrons. The molecule has 2 atom stereocenters. The van der Waals surface area contributed by atoms with Crippen LogP contribution in [0.4, 0.5) is 0 Å². The number of rotatable bonds is 4. The summed E-state index contributed by atoms with van der Waals surface area (Å²) in [7, 11) is 0. The SMILES string of the molecule is CCc1cccc(CC(=O)N2CCC(C)CC2C(=O)O)c1. The molecule has 0 spiro atoms. The fourth-order valence-electron chi connectivity index (χ4n) is 2.91.